The number of aliphatic hydroxyl groups is 22. The van der Waals surface area contributed by atoms with Crippen LogP contribution in [0.3, 0.4) is 0 Å². The summed E-state index contributed by atoms with van der Waals surface area (Å²) in [5.41, 5.74) is 0. The topological polar surface area (TPSA) is 775 Å². The van der Waals surface area contributed by atoms with Crippen molar-refractivity contribution in [1.29, 1.82) is 0 Å². The van der Waals surface area contributed by atoms with E-state index in [0.717, 1.165) is 6.92 Å². The quantitative estimate of drug-likeness (QED) is 0.0297. The number of carbonyl (C=O) groups excluding carboxylic acids is 4. The minimum atomic E-state index is -3.76. The Morgan fingerprint density at radius 3 is 1.21 bits per heavy atom. The molecule has 6 rings (SSSR count). The third kappa shape index (κ3) is 18.2. The van der Waals surface area contributed by atoms with Gasteiger partial charge in [-0.3, -0.25) is 19.2 Å². The summed E-state index contributed by atoms with van der Waals surface area (Å²) in [6.45, 7) is -11.7. The van der Waals surface area contributed by atoms with Crippen molar-refractivity contribution in [2.45, 2.75) is 227 Å². The molecule has 0 radical (unpaired) electrons. The van der Waals surface area contributed by atoms with Gasteiger partial charge >= 0.3 is 17.9 Å². The molecule has 0 unspecified atom stereocenters. The molecule has 29 N–H and O–H groups in total. The lowest BCUT2D eigenvalue weighted by atomic mass is 9.86. The van der Waals surface area contributed by atoms with Gasteiger partial charge in [0.2, 0.25) is 23.6 Å². The maximum absolute atomic E-state index is 14.0. The molecule has 0 bridgehead atoms. The van der Waals surface area contributed by atoms with Gasteiger partial charge in [0.25, 0.3) is 17.4 Å². The molecule has 0 spiro atoms. The van der Waals surface area contributed by atoms with Crippen molar-refractivity contribution in [3.63, 3.8) is 0 Å². The van der Waals surface area contributed by atoms with Crippen LogP contribution in [0.2, 0.25) is 0 Å². The standard InChI is InChI=1S/C53H86N4O43/c1-14(67)54-30-35(79)32(76)19(6-59)91-46(30)94-40-23(10-63)92-47(93-39-22(9-62)90-45(83)37(81)36(39)80)38(82)44(40)100-53(50(88)89)4-17(70)29(57-26(74)13-66)43(99-53)34(78)21(8-61)96-52(49(86)87)3-16(69)28(56-25(73)12-65)42(98-52)33(77)20(7-60)95-51(48(84)85)2-15(68)27(55-24(72)11-64)41(97-51)31(75)18(71)5-58/h15-23,27-47,58-66,68-71,75-83H,2-13H2,1H3,(H,54,67)(H,55,72)(H,56,73)(H,57,74)(H,84,85)(H,86,87)(H,88,89)/t15-,16-,17-,18+,19+,20+,21+,22+,23+,27+,28+,29+,30+,31+,32-,33+,34+,35+,36+,37+,38+,39+,40-,41+,42+,43+,44+,45+,46-,47-,51+,52+,53-/m0/s1. The molecule has 6 fully saturated rings. The monoisotopic (exact) mass is 1470 g/mol. The molecule has 6 aliphatic rings. The largest absolute Gasteiger partial charge is 0.477 e. The van der Waals surface area contributed by atoms with E-state index in [1.54, 1.807) is 0 Å². The van der Waals surface area contributed by atoms with Crippen LogP contribution in [0, 0.1) is 0 Å². The molecule has 4 amide bonds. The average molecular weight is 1470 g/mol. The lowest BCUT2D eigenvalue weighted by molar-refractivity contribution is -0.401. The van der Waals surface area contributed by atoms with E-state index in [0.29, 0.717) is 0 Å². The maximum atomic E-state index is 14.0. The van der Waals surface area contributed by atoms with Gasteiger partial charge in [-0.1, -0.05) is 0 Å². The first kappa shape index (κ1) is 83.9. The third-order valence-corrected chi connectivity index (χ3v) is 17.3. The van der Waals surface area contributed by atoms with Crippen molar-refractivity contribution < 1.29 is 213 Å². The summed E-state index contributed by atoms with van der Waals surface area (Å²) in [6, 6.07) is -8.52. The number of carboxylic acid groups (broad SMARTS) is 3. The highest BCUT2D eigenvalue weighted by Gasteiger charge is 2.65. The highest BCUT2D eigenvalue weighted by Crippen LogP contribution is 2.43. The molecular formula is C53H86N4O43. The Kier molecular flexibility index (Phi) is 29.9. The van der Waals surface area contributed by atoms with E-state index in [4.69, 9.17) is 52.1 Å². The van der Waals surface area contributed by atoms with Crippen LogP contribution in [-0.2, 0) is 85.7 Å². The first-order chi connectivity index (χ1) is 47.0. The summed E-state index contributed by atoms with van der Waals surface area (Å²) in [5, 5.41) is 279. The predicted molar refractivity (Wildman–Crippen MR) is 301 cm³/mol. The summed E-state index contributed by atoms with van der Waals surface area (Å²) < 4.78 is 62.7. The van der Waals surface area contributed by atoms with Gasteiger partial charge in [-0.15, -0.1) is 0 Å². The Balaban J connectivity index is 1.44. The zero-order valence-electron chi connectivity index (χ0n) is 52.3. The highest BCUT2D eigenvalue weighted by molar-refractivity contribution is 5.80. The van der Waals surface area contributed by atoms with Crippen LogP contribution in [-0.4, -0.2) is 429 Å². The molecule has 0 aromatic heterocycles. The van der Waals surface area contributed by atoms with E-state index in [9.17, 15) is 161 Å². The molecule has 0 aromatic carbocycles. The van der Waals surface area contributed by atoms with Crippen LogP contribution < -0.4 is 21.3 Å². The molecule has 6 aliphatic heterocycles. The van der Waals surface area contributed by atoms with Crippen molar-refractivity contribution in [3.8, 4) is 0 Å². The predicted octanol–water partition coefficient (Wildman–Crippen LogP) is -19.0. The smallest absolute Gasteiger partial charge is 0.364 e. The Morgan fingerprint density at radius 2 is 0.820 bits per heavy atom. The van der Waals surface area contributed by atoms with E-state index in [1.807, 2.05) is 16.0 Å². The fraction of sp³-hybridized carbons (Fsp3) is 0.868. The summed E-state index contributed by atoms with van der Waals surface area (Å²) in [6.07, 6.45) is -67.1. The van der Waals surface area contributed by atoms with Gasteiger partial charge in [-0.2, -0.15) is 0 Å². The second-order valence-corrected chi connectivity index (χ2v) is 24.1. The van der Waals surface area contributed by atoms with Crippen LogP contribution in [0.25, 0.3) is 0 Å². The van der Waals surface area contributed by atoms with Crippen LogP contribution in [0.4, 0.5) is 0 Å². The molecular weight excluding hydrogens is 1380 g/mol. The van der Waals surface area contributed by atoms with Crippen LogP contribution in [0.15, 0.2) is 0 Å². The van der Waals surface area contributed by atoms with Crippen molar-refractivity contribution >= 4 is 41.5 Å². The molecule has 576 valence electrons. The van der Waals surface area contributed by atoms with E-state index >= 15 is 0 Å². The SMILES string of the molecule is CC(=O)N[C@H]1[C@H](O[C@@H]2[C@H](O[C@]3(C(=O)O)C[C@H](O)[C@@H](NC(=O)CO)[C@H]([C@H](O)[C@@H](CO)O[C@]4(C(=O)O)C[C@H](O)[C@@H](NC(=O)CO)[C@H]([C@H](O)[C@@H](CO)O[C@]5(C(=O)O)C[C@H](O)[C@@H](NC(=O)CO)[C@H]([C@H](O)[C@H](O)CO)O5)O4)O3)[C@@H](O)[C@H](O[C@H]3[C@H](O)[C@@H](O)[C@H](O)O[C@@H]3CO)O[C@@H]2CO)O[C@H](CO)[C@H](O)[C@@H]1O. The Morgan fingerprint density at radius 1 is 0.430 bits per heavy atom. The number of amides is 4. The minimum Gasteiger partial charge on any atom is -0.477 e. The zero-order chi connectivity index (χ0) is 75.0. The fourth-order valence-corrected chi connectivity index (χ4v) is 12.2. The van der Waals surface area contributed by atoms with E-state index < -0.39 is 321 Å². The molecule has 0 aliphatic carbocycles. The minimum absolute atomic E-state index is 0.904. The highest BCUT2D eigenvalue weighted by atomic mass is 16.8. The number of carbonyl (C=O) groups is 7. The lowest BCUT2D eigenvalue weighted by Gasteiger charge is -2.52. The normalized spacial score (nSPS) is 41.2. The molecule has 6 saturated heterocycles. The summed E-state index contributed by atoms with van der Waals surface area (Å²) in [7, 11) is 0. The van der Waals surface area contributed by atoms with Gasteiger partial charge in [-0.05, 0) is 0 Å². The molecule has 47 nitrogen and oxygen atoms in total. The van der Waals surface area contributed by atoms with Gasteiger partial charge in [0.1, 0.15) is 148 Å². The average Bonchev–Trinajstić information content (AvgIpc) is 0.749. The zero-order valence-corrected chi connectivity index (χ0v) is 52.3. The molecule has 0 aromatic rings. The van der Waals surface area contributed by atoms with Gasteiger partial charge in [-0.25, -0.2) is 14.4 Å². The van der Waals surface area contributed by atoms with Crippen LogP contribution in [0.1, 0.15) is 26.2 Å². The van der Waals surface area contributed by atoms with Gasteiger partial charge in [0.15, 0.2) is 18.9 Å². The molecule has 100 heavy (non-hydrogen) atoms. The number of carboxylic acids is 3. The second kappa shape index (κ2) is 35.6. The molecule has 47 heteroatoms. The maximum Gasteiger partial charge on any atom is 0.364 e. The van der Waals surface area contributed by atoms with Crippen LogP contribution in [0.5, 0.6) is 0 Å². The van der Waals surface area contributed by atoms with Crippen molar-refractivity contribution in [1.82, 2.24) is 21.3 Å². The van der Waals surface area contributed by atoms with E-state index in [-0.39, 0.29) is 0 Å². The van der Waals surface area contributed by atoms with E-state index in [2.05, 4.69) is 5.32 Å². The molecule has 0 saturated carbocycles. The number of hydrogen-bond acceptors (Lipinski definition) is 40. The number of aliphatic hydroxyl groups excluding tert-OH is 22. The molecule has 33 atom stereocenters. The Labute approximate surface area is 561 Å². The van der Waals surface area contributed by atoms with Gasteiger partial charge in [0, 0.05) is 26.2 Å². The first-order valence-electron chi connectivity index (χ1n) is 30.5. The summed E-state index contributed by atoms with van der Waals surface area (Å²) >= 11 is 0. The molecule has 6 heterocycles. The van der Waals surface area contributed by atoms with Crippen molar-refractivity contribution in [2.24, 2.45) is 0 Å². The summed E-state index contributed by atoms with van der Waals surface area (Å²) in [5.74, 6) is -23.4. The van der Waals surface area contributed by atoms with Crippen molar-refractivity contribution in [3.05, 3.63) is 0 Å². The number of nitrogens with one attached hydrogen (secondary N) is 4. The number of ether oxygens (including phenoxy) is 11. The van der Waals surface area contributed by atoms with Gasteiger partial charge in [0.05, 0.1) is 76.1 Å². The summed E-state index contributed by atoms with van der Waals surface area (Å²) in [4.78, 5) is 91.5. The third-order valence-electron chi connectivity index (χ3n) is 17.3. The lowest BCUT2D eigenvalue weighted by Crippen LogP contribution is -2.73. The van der Waals surface area contributed by atoms with E-state index in [1.165, 1.54) is 0 Å². The number of hydrogen-bond donors (Lipinski definition) is 29. The fourth-order valence-electron chi connectivity index (χ4n) is 12.2. The Bertz CT molecular complexity index is 2730. The first-order valence-corrected chi connectivity index (χ1v) is 30.5. The second-order valence-electron chi connectivity index (χ2n) is 24.1. The number of rotatable bonds is 32. The van der Waals surface area contributed by atoms with Crippen molar-refractivity contribution in [2.75, 3.05) is 59.5 Å². The van der Waals surface area contributed by atoms with Gasteiger partial charge < -0.3 is 201 Å². The number of aliphatic carboxylic acids is 3. The van der Waals surface area contributed by atoms with Crippen LogP contribution >= 0.6 is 0 Å². The Hall–Kier alpha value is -5.03.